The summed E-state index contributed by atoms with van der Waals surface area (Å²) >= 11 is 0. The monoisotopic (exact) mass is 727 g/mol. The molecule has 0 spiro atoms. The van der Waals surface area contributed by atoms with Crippen molar-refractivity contribution in [2.75, 3.05) is 0 Å². The van der Waals surface area contributed by atoms with Gasteiger partial charge in [-0.1, -0.05) is 140 Å². The Kier molecular flexibility index (Phi) is 18.5. The fourth-order valence-electron chi connectivity index (χ4n) is 11.4. The van der Waals surface area contributed by atoms with Gasteiger partial charge in [0.2, 0.25) is 0 Å². The number of ether oxygens (including phenoxy) is 1. The van der Waals surface area contributed by atoms with Crippen molar-refractivity contribution in [1.82, 2.24) is 0 Å². The molecule has 4 aliphatic carbocycles. The molecule has 0 heterocycles. The second kappa shape index (κ2) is 22.5. The van der Waals surface area contributed by atoms with Crippen molar-refractivity contribution in [3.63, 3.8) is 0 Å². The Hall–Kier alpha value is -2.09. The van der Waals surface area contributed by atoms with Crippen LogP contribution in [0.4, 0.5) is 0 Å². The van der Waals surface area contributed by atoms with E-state index >= 15 is 0 Å². The first-order valence-corrected chi connectivity index (χ1v) is 22.8. The predicted molar refractivity (Wildman–Crippen MR) is 230 cm³/mol. The Bertz CT molecular complexity index is 1260. The van der Waals surface area contributed by atoms with Crippen LogP contribution in [0.3, 0.4) is 0 Å². The second-order valence-corrected chi connectivity index (χ2v) is 18.6. The van der Waals surface area contributed by atoms with E-state index in [1.54, 1.807) is 5.57 Å². The van der Waals surface area contributed by atoms with Crippen molar-refractivity contribution in [2.24, 2.45) is 52.3 Å². The lowest BCUT2D eigenvalue weighted by Crippen LogP contribution is -2.51. The van der Waals surface area contributed by atoms with Gasteiger partial charge >= 0.3 is 5.97 Å². The maximum absolute atomic E-state index is 12.9. The van der Waals surface area contributed by atoms with Crippen LogP contribution in [0.15, 0.2) is 72.4 Å². The van der Waals surface area contributed by atoms with Gasteiger partial charge in [0.05, 0.1) is 0 Å². The molecule has 0 bridgehead atoms. The minimum atomic E-state index is 0.0258. The number of rotatable bonds is 22. The smallest absolute Gasteiger partial charge is 0.306 e. The first kappa shape index (κ1) is 43.6. The van der Waals surface area contributed by atoms with Crippen LogP contribution in [0.1, 0.15) is 183 Å². The van der Waals surface area contributed by atoms with Gasteiger partial charge in [-0.15, -0.1) is 0 Å². The molecule has 298 valence electrons. The number of hydrogen-bond donors (Lipinski definition) is 0. The molecule has 0 radical (unpaired) electrons. The van der Waals surface area contributed by atoms with Crippen LogP contribution >= 0.6 is 0 Å². The van der Waals surface area contributed by atoms with Gasteiger partial charge in [0.1, 0.15) is 6.10 Å². The maximum atomic E-state index is 12.9. The molecular formula is C51H82O2. The summed E-state index contributed by atoms with van der Waals surface area (Å²) in [6, 6.07) is 0. The Morgan fingerprint density at radius 3 is 2.08 bits per heavy atom. The molecule has 3 saturated carbocycles. The summed E-state index contributed by atoms with van der Waals surface area (Å²) in [5, 5.41) is 0. The number of hydrogen-bond acceptors (Lipinski definition) is 2. The highest BCUT2D eigenvalue weighted by atomic mass is 16.5. The highest BCUT2D eigenvalue weighted by molar-refractivity contribution is 5.69. The number of esters is 1. The van der Waals surface area contributed by atoms with Crippen molar-refractivity contribution >= 4 is 5.97 Å². The van der Waals surface area contributed by atoms with Gasteiger partial charge in [-0.25, -0.2) is 0 Å². The van der Waals surface area contributed by atoms with Crippen molar-refractivity contribution in [2.45, 2.75) is 189 Å². The summed E-state index contributed by atoms with van der Waals surface area (Å²) < 4.78 is 6.13. The van der Waals surface area contributed by atoms with E-state index in [1.165, 1.54) is 70.6 Å². The summed E-state index contributed by atoms with van der Waals surface area (Å²) in [6.07, 6.45) is 50.5. The van der Waals surface area contributed by atoms with Gasteiger partial charge in [-0.2, -0.15) is 0 Å². The molecule has 0 amide bonds. The summed E-state index contributed by atoms with van der Waals surface area (Å²) in [5.41, 5.74) is 2.40. The first-order chi connectivity index (χ1) is 25.6. The Morgan fingerprint density at radius 1 is 0.774 bits per heavy atom. The van der Waals surface area contributed by atoms with Gasteiger partial charge in [-0.3, -0.25) is 4.79 Å². The number of fused-ring (bicyclic) bond motifs is 5. The lowest BCUT2D eigenvalue weighted by atomic mass is 9.47. The van der Waals surface area contributed by atoms with Crippen LogP contribution in [0.2, 0.25) is 0 Å². The molecule has 0 saturated heterocycles. The fourth-order valence-corrected chi connectivity index (χ4v) is 11.4. The van der Waals surface area contributed by atoms with Crippen LogP contribution in [-0.4, -0.2) is 12.1 Å². The third-order valence-electron chi connectivity index (χ3n) is 14.8. The average Bonchev–Trinajstić information content (AvgIpc) is 3.50. The average molecular weight is 727 g/mol. The molecule has 53 heavy (non-hydrogen) atoms. The fraction of sp³-hybridized carbons (Fsp3) is 0.745. The van der Waals surface area contributed by atoms with E-state index in [4.69, 9.17) is 4.74 Å². The predicted octanol–water partition coefficient (Wildman–Crippen LogP) is 15.3. The third kappa shape index (κ3) is 12.5. The van der Waals surface area contributed by atoms with Crippen molar-refractivity contribution in [3.8, 4) is 0 Å². The number of allylic oxidation sites excluding steroid dienone is 11. The highest BCUT2D eigenvalue weighted by Crippen LogP contribution is 2.67. The van der Waals surface area contributed by atoms with Crippen molar-refractivity contribution < 1.29 is 9.53 Å². The van der Waals surface area contributed by atoms with Gasteiger partial charge in [0, 0.05) is 12.8 Å². The van der Waals surface area contributed by atoms with Crippen molar-refractivity contribution in [1.29, 1.82) is 0 Å². The van der Waals surface area contributed by atoms with Crippen LogP contribution in [0.5, 0.6) is 0 Å². The van der Waals surface area contributed by atoms with Crippen LogP contribution in [0.25, 0.3) is 0 Å². The molecule has 9 atom stereocenters. The number of carbonyl (C=O) groups excluding carboxylic acids is 1. The topological polar surface area (TPSA) is 26.3 Å². The van der Waals surface area contributed by atoms with E-state index in [0.717, 1.165) is 87.4 Å². The quantitative estimate of drug-likeness (QED) is 0.0631. The van der Waals surface area contributed by atoms with E-state index in [9.17, 15) is 4.79 Å². The summed E-state index contributed by atoms with van der Waals surface area (Å²) in [5.74, 6) is 5.46. The minimum absolute atomic E-state index is 0.0258. The summed E-state index contributed by atoms with van der Waals surface area (Å²) in [6.45, 7) is 17.1. The van der Waals surface area contributed by atoms with Crippen molar-refractivity contribution in [3.05, 3.63) is 72.4 Å². The van der Waals surface area contributed by atoms with Crippen LogP contribution < -0.4 is 0 Å². The lowest BCUT2D eigenvalue weighted by molar-refractivity contribution is -0.151. The number of unbranched alkanes of at least 4 members (excludes halogenated alkanes) is 6. The zero-order valence-corrected chi connectivity index (χ0v) is 35.6. The molecule has 3 fully saturated rings. The zero-order chi connectivity index (χ0) is 38.1. The van der Waals surface area contributed by atoms with E-state index in [2.05, 4.69) is 115 Å². The number of carbonyl (C=O) groups is 1. The van der Waals surface area contributed by atoms with Crippen LogP contribution in [0, 0.1) is 52.3 Å². The van der Waals surface area contributed by atoms with Gasteiger partial charge in [-0.05, 0) is 155 Å². The standard InChI is InChI=1S/C51H82O2/c1-8-10-11-12-13-14-15-16-17-18-19-20-21-22-23-24-25-26-27-28-49(52)53-44-35-37-50(6)43(39-44)31-32-45-47-34-33-46(51(47,7)38-36-48(45)50)41(5)29-30-42(9-2)40(3)4/h13-14,16-17,19-20,22-23,29-31,40-42,44-48H,8-12,15,18,21,24-28,32-39H2,1-7H3/b14-13-,17-16-,20-19-,23-22-,30-29+. The first-order valence-electron chi connectivity index (χ1n) is 22.8. The molecule has 0 aromatic heterocycles. The molecule has 2 heteroatoms. The Morgan fingerprint density at radius 2 is 1.43 bits per heavy atom. The van der Waals surface area contributed by atoms with Gasteiger partial charge in [0.15, 0.2) is 0 Å². The molecular weight excluding hydrogens is 645 g/mol. The second-order valence-electron chi connectivity index (χ2n) is 18.6. The molecule has 0 aliphatic heterocycles. The van der Waals surface area contributed by atoms with E-state index in [-0.39, 0.29) is 12.1 Å². The Labute approximate surface area is 328 Å². The molecule has 4 rings (SSSR count). The summed E-state index contributed by atoms with van der Waals surface area (Å²) in [7, 11) is 0. The van der Waals surface area contributed by atoms with E-state index in [1.807, 2.05) is 0 Å². The summed E-state index contributed by atoms with van der Waals surface area (Å²) in [4.78, 5) is 12.9. The molecule has 0 N–H and O–H groups in total. The molecule has 0 aromatic carbocycles. The molecule has 9 unspecified atom stereocenters. The minimum Gasteiger partial charge on any atom is -0.462 e. The van der Waals surface area contributed by atoms with E-state index in [0.29, 0.717) is 29.1 Å². The molecule has 4 aliphatic rings. The lowest BCUT2D eigenvalue weighted by Gasteiger charge is -2.58. The normalized spacial score (nSPS) is 31.5. The zero-order valence-electron chi connectivity index (χ0n) is 35.6. The SMILES string of the molecule is CCCCC/C=C\C/C=C\C/C=C\C/C=C\CCCCCC(=O)OC1CCC2(C)C(=CCC3C2CCC2(C)C(C(C)/C=C/C(CC)C(C)C)CCC32)C1. The third-order valence-corrected chi connectivity index (χ3v) is 14.8. The molecule has 0 aromatic rings. The van der Waals surface area contributed by atoms with Gasteiger partial charge in [0.25, 0.3) is 0 Å². The highest BCUT2D eigenvalue weighted by Gasteiger charge is 2.59. The maximum Gasteiger partial charge on any atom is 0.306 e. The largest absolute Gasteiger partial charge is 0.462 e. The van der Waals surface area contributed by atoms with E-state index < -0.39 is 0 Å². The van der Waals surface area contributed by atoms with Crippen LogP contribution in [-0.2, 0) is 9.53 Å². The Balaban J connectivity index is 1.11. The van der Waals surface area contributed by atoms with Gasteiger partial charge < -0.3 is 4.74 Å². The molecule has 2 nitrogen and oxygen atoms in total.